The molecule has 0 unspecified atom stereocenters. The van der Waals surface area contributed by atoms with E-state index >= 15 is 0 Å². The predicted molar refractivity (Wildman–Crippen MR) is 127 cm³/mol. The summed E-state index contributed by atoms with van der Waals surface area (Å²) in [6, 6.07) is 0. The fourth-order valence-electron chi connectivity index (χ4n) is 5.51. The van der Waals surface area contributed by atoms with Gasteiger partial charge in [-0.1, -0.05) is 51.5 Å². The summed E-state index contributed by atoms with van der Waals surface area (Å²) >= 11 is 0. The highest BCUT2D eigenvalue weighted by Gasteiger charge is 2.79. The third kappa shape index (κ3) is 5.24. The van der Waals surface area contributed by atoms with E-state index in [1.807, 2.05) is 13.8 Å². The molecule has 190 valence electrons. The molecule has 4 bridgehead atoms. The van der Waals surface area contributed by atoms with E-state index in [1.54, 1.807) is 19.1 Å². The zero-order valence-electron chi connectivity index (χ0n) is 21.4. The maximum Gasteiger partial charge on any atom is 0.306 e. The molecule has 0 amide bonds. The summed E-state index contributed by atoms with van der Waals surface area (Å²) in [4.78, 5) is 37.0. The lowest BCUT2D eigenvalue weighted by molar-refractivity contribution is -0.272. The Kier molecular flexibility index (Phi) is 8.27. The van der Waals surface area contributed by atoms with Gasteiger partial charge in [-0.15, -0.1) is 0 Å². The van der Waals surface area contributed by atoms with Crippen LogP contribution in [-0.2, 0) is 33.3 Å². The van der Waals surface area contributed by atoms with E-state index in [2.05, 4.69) is 6.92 Å². The maximum absolute atomic E-state index is 13.1. The second-order valence-corrected chi connectivity index (χ2v) is 10.4. The van der Waals surface area contributed by atoms with Crippen LogP contribution in [0.2, 0.25) is 0 Å². The molecule has 0 N–H and O–H groups in total. The van der Waals surface area contributed by atoms with E-state index in [-0.39, 0.29) is 24.8 Å². The molecular formula is C27H40O7. The van der Waals surface area contributed by atoms with E-state index in [0.29, 0.717) is 18.6 Å². The molecule has 1 saturated carbocycles. The molecule has 0 aromatic rings. The lowest BCUT2D eigenvalue weighted by atomic mass is 9.63. The van der Waals surface area contributed by atoms with Crippen LogP contribution < -0.4 is 0 Å². The standard InChI is InChI=1S/C27H40O7/c1-6-7-8-9-10-11-12-13-24(30)31-18-19(2)14-15-22-26(5)27(33-20(3)28)21(29)16-25(4,34-26)17-23(27)32-22/h14-15,23H,6-13,16-18H2,1-5H3/b19-14-,22-15-/t23-,25+,26+,27-/m0/s1. The lowest BCUT2D eigenvalue weighted by Crippen LogP contribution is -2.75. The summed E-state index contributed by atoms with van der Waals surface area (Å²) < 4.78 is 23.5. The first kappa shape index (κ1) is 26.5. The Morgan fingerprint density at radius 3 is 2.44 bits per heavy atom. The van der Waals surface area contributed by atoms with Crippen molar-refractivity contribution in [3.05, 3.63) is 23.5 Å². The SMILES string of the molecule is CCCCCCCCCC(=O)OC/C(C)=C\C=C1/O[C@H]2C[C@@]3(C)CC(=O)[C@@]2(OC(C)=O)[C@]1(C)O3. The van der Waals surface area contributed by atoms with E-state index < -0.39 is 28.9 Å². The lowest BCUT2D eigenvalue weighted by Gasteiger charge is -2.55. The number of hydrogen-bond acceptors (Lipinski definition) is 7. The number of ketones is 1. The molecule has 0 radical (unpaired) electrons. The second-order valence-electron chi connectivity index (χ2n) is 10.4. The molecule has 0 aromatic carbocycles. The molecule has 0 spiro atoms. The van der Waals surface area contributed by atoms with Crippen molar-refractivity contribution in [2.24, 2.45) is 0 Å². The number of Topliss-reactive ketones (excluding diaryl/α,β-unsaturated/α-hetero) is 1. The minimum atomic E-state index is -1.47. The van der Waals surface area contributed by atoms with Gasteiger partial charge in [-0.2, -0.15) is 0 Å². The Morgan fingerprint density at radius 1 is 1.09 bits per heavy atom. The monoisotopic (exact) mass is 476 g/mol. The molecule has 4 aliphatic rings. The molecule has 4 rings (SSSR count). The summed E-state index contributed by atoms with van der Waals surface area (Å²) in [6.07, 6.45) is 12.1. The van der Waals surface area contributed by atoms with Gasteiger partial charge in [0.15, 0.2) is 17.5 Å². The first-order valence-electron chi connectivity index (χ1n) is 12.7. The number of rotatable bonds is 12. The van der Waals surface area contributed by atoms with Gasteiger partial charge in [-0.05, 0) is 38.8 Å². The first-order valence-corrected chi connectivity index (χ1v) is 12.7. The van der Waals surface area contributed by atoms with Crippen molar-refractivity contribution in [1.82, 2.24) is 0 Å². The number of esters is 2. The number of fused-ring (bicyclic) bond motifs is 1. The smallest absolute Gasteiger partial charge is 0.306 e. The number of ether oxygens (including phenoxy) is 4. The van der Waals surface area contributed by atoms with Gasteiger partial charge in [0.2, 0.25) is 5.60 Å². The highest BCUT2D eigenvalue weighted by molar-refractivity contribution is 5.95. The van der Waals surface area contributed by atoms with Crippen molar-refractivity contribution >= 4 is 17.7 Å². The molecule has 1 aliphatic carbocycles. The molecular weight excluding hydrogens is 436 g/mol. The summed E-state index contributed by atoms with van der Waals surface area (Å²) in [5, 5.41) is 0. The number of allylic oxidation sites excluding steroid dienone is 2. The van der Waals surface area contributed by atoms with Crippen molar-refractivity contribution in [1.29, 1.82) is 0 Å². The van der Waals surface area contributed by atoms with E-state index in [1.165, 1.54) is 32.6 Å². The number of carbonyl (C=O) groups is 3. The van der Waals surface area contributed by atoms with Gasteiger partial charge in [0.05, 0.1) is 5.60 Å². The predicted octanol–water partition coefficient (Wildman–Crippen LogP) is 5.11. The molecule has 4 fully saturated rings. The molecule has 7 heteroatoms. The quantitative estimate of drug-likeness (QED) is 0.286. The molecule has 3 heterocycles. The maximum atomic E-state index is 13.1. The van der Waals surface area contributed by atoms with Gasteiger partial charge in [0.25, 0.3) is 0 Å². The van der Waals surface area contributed by atoms with Crippen molar-refractivity contribution in [2.45, 2.75) is 122 Å². The molecule has 34 heavy (non-hydrogen) atoms. The van der Waals surface area contributed by atoms with Crippen LogP contribution in [0.25, 0.3) is 0 Å². The zero-order valence-corrected chi connectivity index (χ0v) is 21.4. The van der Waals surface area contributed by atoms with Gasteiger partial charge < -0.3 is 18.9 Å². The summed E-state index contributed by atoms with van der Waals surface area (Å²) in [5.74, 6) is -0.451. The van der Waals surface area contributed by atoms with Crippen LogP contribution in [-0.4, -0.2) is 47.2 Å². The summed E-state index contributed by atoms with van der Waals surface area (Å²) in [5.41, 5.74) is -2.49. The third-order valence-electron chi connectivity index (χ3n) is 7.19. The Bertz CT molecular complexity index is 859. The van der Waals surface area contributed by atoms with E-state index in [9.17, 15) is 14.4 Å². The minimum absolute atomic E-state index is 0.168. The largest absolute Gasteiger partial charge is 0.487 e. The van der Waals surface area contributed by atoms with Gasteiger partial charge in [-0.25, -0.2) is 0 Å². The van der Waals surface area contributed by atoms with Crippen LogP contribution in [0, 0.1) is 0 Å². The van der Waals surface area contributed by atoms with Crippen LogP contribution >= 0.6 is 0 Å². The normalized spacial score (nSPS) is 33.2. The highest BCUT2D eigenvalue weighted by Crippen LogP contribution is 2.61. The Balaban J connectivity index is 1.57. The fraction of sp³-hybridized carbons (Fsp3) is 0.741. The topological polar surface area (TPSA) is 88.1 Å². The zero-order chi connectivity index (χ0) is 25.0. The number of carbonyl (C=O) groups excluding carboxylic acids is 3. The highest BCUT2D eigenvalue weighted by atomic mass is 16.7. The van der Waals surface area contributed by atoms with Crippen molar-refractivity contribution in [2.75, 3.05) is 6.61 Å². The average molecular weight is 477 g/mol. The average Bonchev–Trinajstić information content (AvgIpc) is 2.90. The molecule has 4 atom stereocenters. The molecule has 7 nitrogen and oxygen atoms in total. The van der Waals surface area contributed by atoms with Crippen molar-refractivity contribution in [3.8, 4) is 0 Å². The second kappa shape index (κ2) is 10.6. The van der Waals surface area contributed by atoms with E-state index in [4.69, 9.17) is 18.9 Å². The van der Waals surface area contributed by atoms with Crippen molar-refractivity contribution < 1.29 is 33.3 Å². The Labute approximate surface area is 203 Å². The van der Waals surface area contributed by atoms with Gasteiger partial charge in [0.1, 0.15) is 12.4 Å². The molecule has 3 aliphatic heterocycles. The summed E-state index contributed by atoms with van der Waals surface area (Å²) in [7, 11) is 0. The van der Waals surface area contributed by atoms with Crippen LogP contribution in [0.15, 0.2) is 23.5 Å². The van der Waals surface area contributed by atoms with Crippen LogP contribution in [0.3, 0.4) is 0 Å². The summed E-state index contributed by atoms with van der Waals surface area (Å²) in [6.45, 7) is 9.19. The number of hydrogen-bond donors (Lipinski definition) is 0. The van der Waals surface area contributed by atoms with Gasteiger partial charge >= 0.3 is 11.9 Å². The first-order chi connectivity index (χ1) is 16.1. The van der Waals surface area contributed by atoms with Crippen LogP contribution in [0.4, 0.5) is 0 Å². The van der Waals surface area contributed by atoms with Gasteiger partial charge in [-0.3, -0.25) is 14.4 Å². The molecule has 3 saturated heterocycles. The van der Waals surface area contributed by atoms with E-state index in [0.717, 1.165) is 24.8 Å². The molecule has 0 aromatic heterocycles. The van der Waals surface area contributed by atoms with Crippen molar-refractivity contribution in [3.63, 3.8) is 0 Å². The Hall–Kier alpha value is -2.15. The number of unbranched alkanes of at least 4 members (excludes halogenated alkanes) is 6. The van der Waals surface area contributed by atoms with Crippen LogP contribution in [0.5, 0.6) is 0 Å². The minimum Gasteiger partial charge on any atom is -0.487 e. The third-order valence-corrected chi connectivity index (χ3v) is 7.19. The van der Waals surface area contributed by atoms with Crippen LogP contribution in [0.1, 0.15) is 98.8 Å². The fourth-order valence-corrected chi connectivity index (χ4v) is 5.51. The Morgan fingerprint density at radius 2 is 1.76 bits per heavy atom. The van der Waals surface area contributed by atoms with Gasteiger partial charge in [0, 0.05) is 26.2 Å².